The highest BCUT2D eigenvalue weighted by Crippen LogP contribution is 2.24. The first-order chi connectivity index (χ1) is 8.47. The third-order valence-electron chi connectivity index (χ3n) is 2.83. The molecule has 2 rings (SSSR count). The van der Waals surface area contributed by atoms with Gasteiger partial charge in [-0.3, -0.25) is 0 Å². The second-order valence-electron chi connectivity index (χ2n) is 4.64. The number of hydrogen-bond acceptors (Lipinski definition) is 2. The average molecular weight is 323 g/mol. The molecule has 1 aromatic carbocycles. The van der Waals surface area contributed by atoms with Crippen LogP contribution in [0.4, 0.5) is 0 Å². The molecule has 1 heterocycles. The van der Waals surface area contributed by atoms with E-state index in [0.717, 1.165) is 21.6 Å². The smallest absolute Gasteiger partial charge is 0.139 e. The minimum Gasteiger partial charge on any atom is -0.343 e. The highest BCUT2D eigenvalue weighted by Gasteiger charge is 2.06. The summed E-state index contributed by atoms with van der Waals surface area (Å²) >= 11 is 8.76. The monoisotopic (exact) mass is 322 g/mol. The van der Waals surface area contributed by atoms with E-state index in [4.69, 9.17) is 12.2 Å². The predicted molar refractivity (Wildman–Crippen MR) is 81.4 cm³/mol. The molecule has 2 aromatic rings. The molecule has 18 heavy (non-hydrogen) atoms. The topological polar surface area (TPSA) is 28.7 Å². The number of nitrogens with one attached hydrogen (secondary N) is 1. The van der Waals surface area contributed by atoms with E-state index in [0.29, 0.717) is 10.6 Å². The van der Waals surface area contributed by atoms with Gasteiger partial charge in [0.05, 0.1) is 0 Å². The molecule has 0 aliphatic carbocycles. The number of aromatic amines is 1. The van der Waals surface area contributed by atoms with Crippen molar-refractivity contribution in [2.24, 2.45) is 0 Å². The first-order valence-electron chi connectivity index (χ1n) is 5.85. The van der Waals surface area contributed by atoms with Crippen LogP contribution < -0.4 is 0 Å². The van der Waals surface area contributed by atoms with Crippen LogP contribution in [0.3, 0.4) is 0 Å². The van der Waals surface area contributed by atoms with Gasteiger partial charge in [-0.05, 0) is 30.5 Å². The number of benzene rings is 1. The lowest BCUT2D eigenvalue weighted by Crippen LogP contribution is -1.98. The lowest BCUT2D eigenvalue weighted by atomic mass is 10.1. The summed E-state index contributed by atoms with van der Waals surface area (Å²) in [4.78, 5) is 7.74. The number of rotatable bonds is 2. The lowest BCUT2D eigenvalue weighted by Gasteiger charge is -2.09. The Morgan fingerprint density at radius 1 is 1.28 bits per heavy atom. The third-order valence-corrected chi connectivity index (χ3v) is 3.89. The molecule has 0 bridgehead atoms. The van der Waals surface area contributed by atoms with Crippen molar-refractivity contribution < 1.29 is 0 Å². The normalized spacial score (nSPS) is 10.9. The van der Waals surface area contributed by atoms with Crippen molar-refractivity contribution in [3.8, 4) is 11.4 Å². The minimum absolute atomic E-state index is 0.405. The molecule has 0 amide bonds. The van der Waals surface area contributed by atoms with E-state index in [1.165, 1.54) is 5.56 Å². The second-order valence-corrected chi connectivity index (χ2v) is 5.91. The van der Waals surface area contributed by atoms with Gasteiger partial charge in [0.2, 0.25) is 0 Å². The van der Waals surface area contributed by atoms with Crippen LogP contribution in [0.5, 0.6) is 0 Å². The summed E-state index contributed by atoms with van der Waals surface area (Å²) in [6.07, 6.45) is 0. The van der Waals surface area contributed by atoms with Gasteiger partial charge in [-0.2, -0.15) is 0 Å². The molecule has 0 spiro atoms. The molecule has 94 valence electrons. The Bertz CT molecular complexity index is 632. The molecule has 4 heteroatoms. The van der Waals surface area contributed by atoms with Crippen LogP contribution in [-0.2, 0) is 0 Å². The summed E-state index contributed by atoms with van der Waals surface area (Å²) in [5.41, 5.74) is 3.36. The SMILES string of the molecule is Cc1ccc(-c2nc(=S)cc(C(C)C)[nH]2)cc1Br. The van der Waals surface area contributed by atoms with E-state index in [1.54, 1.807) is 0 Å². The quantitative estimate of drug-likeness (QED) is 0.788. The Morgan fingerprint density at radius 3 is 2.61 bits per heavy atom. The molecule has 0 aliphatic rings. The highest BCUT2D eigenvalue weighted by atomic mass is 79.9. The fourth-order valence-corrected chi connectivity index (χ4v) is 2.26. The molecule has 0 atom stereocenters. The van der Waals surface area contributed by atoms with Crippen LogP contribution >= 0.6 is 28.1 Å². The van der Waals surface area contributed by atoms with Crippen molar-refractivity contribution in [2.75, 3.05) is 0 Å². The average Bonchev–Trinajstić information content (AvgIpc) is 2.31. The molecular formula is C14H15BrN2S. The van der Waals surface area contributed by atoms with E-state index < -0.39 is 0 Å². The van der Waals surface area contributed by atoms with E-state index in [2.05, 4.69) is 64.9 Å². The number of aromatic nitrogens is 2. The summed E-state index contributed by atoms with van der Waals surface area (Å²) in [7, 11) is 0. The zero-order valence-corrected chi connectivity index (χ0v) is 13.0. The third kappa shape index (κ3) is 2.87. The number of aryl methyl sites for hydroxylation is 1. The first-order valence-corrected chi connectivity index (χ1v) is 7.05. The van der Waals surface area contributed by atoms with E-state index in [-0.39, 0.29) is 0 Å². The van der Waals surface area contributed by atoms with Crippen molar-refractivity contribution in [2.45, 2.75) is 26.7 Å². The van der Waals surface area contributed by atoms with Crippen LogP contribution in [0.2, 0.25) is 0 Å². The standard InChI is InChI=1S/C14H15BrN2S/c1-8(2)12-7-13(18)17-14(16-12)10-5-4-9(3)11(15)6-10/h4-8H,1-3H3,(H,16,17,18). The largest absolute Gasteiger partial charge is 0.343 e. The second kappa shape index (κ2) is 5.33. The Morgan fingerprint density at radius 2 is 2.00 bits per heavy atom. The maximum Gasteiger partial charge on any atom is 0.139 e. The van der Waals surface area contributed by atoms with E-state index >= 15 is 0 Å². The molecular weight excluding hydrogens is 308 g/mol. The van der Waals surface area contributed by atoms with Crippen molar-refractivity contribution in [3.63, 3.8) is 0 Å². The molecule has 1 aromatic heterocycles. The zero-order chi connectivity index (χ0) is 13.3. The summed E-state index contributed by atoms with van der Waals surface area (Å²) < 4.78 is 1.71. The van der Waals surface area contributed by atoms with Crippen LogP contribution in [0.1, 0.15) is 31.0 Å². The van der Waals surface area contributed by atoms with E-state index in [9.17, 15) is 0 Å². The van der Waals surface area contributed by atoms with Crippen LogP contribution in [0, 0.1) is 11.6 Å². The van der Waals surface area contributed by atoms with Gasteiger partial charge < -0.3 is 4.98 Å². The highest BCUT2D eigenvalue weighted by molar-refractivity contribution is 9.10. The molecule has 1 N–H and O–H groups in total. The van der Waals surface area contributed by atoms with Gasteiger partial charge in [-0.15, -0.1) is 0 Å². The van der Waals surface area contributed by atoms with Crippen LogP contribution in [0.25, 0.3) is 11.4 Å². The Balaban J connectivity index is 2.56. The Hall–Kier alpha value is -1.00. The summed E-state index contributed by atoms with van der Waals surface area (Å²) in [5, 5.41) is 0. The van der Waals surface area contributed by atoms with Crippen LogP contribution in [0.15, 0.2) is 28.7 Å². The van der Waals surface area contributed by atoms with Crippen molar-refractivity contribution in [1.82, 2.24) is 9.97 Å². The van der Waals surface area contributed by atoms with Gasteiger partial charge in [-0.25, -0.2) is 4.98 Å². The molecule has 0 radical (unpaired) electrons. The number of hydrogen-bond donors (Lipinski definition) is 1. The summed E-state index contributed by atoms with van der Waals surface area (Å²) in [5.74, 6) is 1.23. The maximum atomic E-state index is 5.22. The Kier molecular flexibility index (Phi) is 3.97. The predicted octanol–water partition coefficient (Wildman–Crippen LogP) is 5.00. The van der Waals surface area contributed by atoms with Crippen LogP contribution in [-0.4, -0.2) is 9.97 Å². The fraction of sp³-hybridized carbons (Fsp3) is 0.286. The van der Waals surface area contributed by atoms with Gasteiger partial charge in [0.25, 0.3) is 0 Å². The fourth-order valence-electron chi connectivity index (χ4n) is 1.66. The lowest BCUT2D eigenvalue weighted by molar-refractivity contribution is 0.815. The molecule has 0 saturated heterocycles. The van der Waals surface area contributed by atoms with E-state index in [1.807, 2.05) is 6.07 Å². The number of H-pyrrole nitrogens is 1. The van der Waals surface area contributed by atoms with Gasteiger partial charge in [0, 0.05) is 15.7 Å². The molecule has 0 aliphatic heterocycles. The summed E-state index contributed by atoms with van der Waals surface area (Å²) in [6, 6.07) is 8.11. The van der Waals surface area contributed by atoms with Gasteiger partial charge in [0.15, 0.2) is 0 Å². The number of halogens is 1. The molecule has 0 unspecified atom stereocenters. The molecule has 2 nitrogen and oxygen atoms in total. The van der Waals surface area contributed by atoms with Crippen molar-refractivity contribution >= 4 is 28.1 Å². The summed E-state index contributed by atoms with van der Waals surface area (Å²) in [6.45, 7) is 6.33. The van der Waals surface area contributed by atoms with Gasteiger partial charge >= 0.3 is 0 Å². The Labute approximate surface area is 121 Å². The minimum atomic E-state index is 0.405. The van der Waals surface area contributed by atoms with Crippen molar-refractivity contribution in [1.29, 1.82) is 0 Å². The van der Waals surface area contributed by atoms with Gasteiger partial charge in [0.1, 0.15) is 10.5 Å². The molecule has 0 fully saturated rings. The first kappa shape index (κ1) is 13.4. The number of nitrogens with zero attached hydrogens (tertiary/aromatic N) is 1. The molecule has 0 saturated carbocycles. The van der Waals surface area contributed by atoms with Gasteiger partial charge in [-0.1, -0.05) is 54.1 Å². The van der Waals surface area contributed by atoms with Crippen molar-refractivity contribution in [3.05, 3.63) is 44.6 Å². The zero-order valence-electron chi connectivity index (χ0n) is 10.6. The maximum absolute atomic E-state index is 5.22.